The maximum absolute atomic E-state index is 11.9. The summed E-state index contributed by atoms with van der Waals surface area (Å²) in [5, 5.41) is 23.1. The second-order valence-corrected chi connectivity index (χ2v) is 4.92. The van der Waals surface area contributed by atoms with Gasteiger partial charge >= 0.3 is 0 Å². The van der Waals surface area contributed by atoms with Gasteiger partial charge in [0.05, 0.1) is 6.21 Å². The zero-order chi connectivity index (χ0) is 16.7. The first kappa shape index (κ1) is 16.3. The molecule has 1 amide bonds. The van der Waals surface area contributed by atoms with E-state index >= 15 is 0 Å². The molecule has 23 heavy (non-hydrogen) atoms. The zero-order valence-corrected chi connectivity index (χ0v) is 12.7. The number of rotatable bonds is 4. The van der Waals surface area contributed by atoms with Gasteiger partial charge in [0.25, 0.3) is 5.91 Å². The van der Waals surface area contributed by atoms with E-state index in [1.807, 2.05) is 0 Å². The molecule has 2 rings (SSSR count). The molecule has 0 saturated carbocycles. The van der Waals surface area contributed by atoms with Crippen LogP contribution in [-0.2, 0) is 4.79 Å². The molecule has 0 aliphatic carbocycles. The Morgan fingerprint density at radius 2 is 1.91 bits per heavy atom. The minimum Gasteiger partial charge on any atom is -0.507 e. The largest absolute Gasteiger partial charge is 0.507 e. The molecule has 0 heterocycles. The maximum Gasteiger partial charge on any atom is 0.282 e. The molecule has 0 saturated heterocycles. The maximum atomic E-state index is 11.9. The van der Waals surface area contributed by atoms with Crippen molar-refractivity contribution in [3.63, 3.8) is 0 Å². The highest BCUT2D eigenvalue weighted by Crippen LogP contribution is 2.18. The fourth-order valence-electron chi connectivity index (χ4n) is 1.69. The van der Waals surface area contributed by atoms with E-state index in [4.69, 9.17) is 16.9 Å². The third-order valence-electron chi connectivity index (χ3n) is 2.85. The Labute approximate surface area is 138 Å². The number of halogens is 1. The van der Waals surface area contributed by atoms with Gasteiger partial charge in [0.2, 0.25) is 0 Å². The monoisotopic (exact) mass is 325 g/mol. The van der Waals surface area contributed by atoms with E-state index in [9.17, 15) is 9.90 Å². The van der Waals surface area contributed by atoms with E-state index in [0.29, 0.717) is 10.6 Å². The zero-order valence-electron chi connectivity index (χ0n) is 11.9. The van der Waals surface area contributed by atoms with Crippen LogP contribution in [0.3, 0.4) is 0 Å². The molecule has 0 radical (unpaired) electrons. The Morgan fingerprint density at radius 1 is 1.22 bits per heavy atom. The molecule has 0 spiro atoms. The Morgan fingerprint density at radius 3 is 2.57 bits per heavy atom. The number of carbonyl (C=O) groups is 1. The van der Waals surface area contributed by atoms with Crippen molar-refractivity contribution >= 4 is 29.8 Å². The van der Waals surface area contributed by atoms with Gasteiger partial charge in [-0.15, -0.1) is 0 Å². The Balaban J connectivity index is 2.08. The first-order valence-electron chi connectivity index (χ1n) is 6.59. The first-order chi connectivity index (χ1) is 11.1. The van der Waals surface area contributed by atoms with E-state index in [-0.39, 0.29) is 11.3 Å². The van der Waals surface area contributed by atoms with Gasteiger partial charge in [-0.2, -0.15) is 10.4 Å². The van der Waals surface area contributed by atoms with Gasteiger partial charge in [0.15, 0.2) is 0 Å². The van der Waals surface area contributed by atoms with Crippen molar-refractivity contribution in [3.05, 3.63) is 70.3 Å². The predicted molar refractivity (Wildman–Crippen MR) is 88.9 cm³/mol. The molecule has 0 atom stereocenters. The van der Waals surface area contributed by atoms with Crippen LogP contribution >= 0.6 is 11.6 Å². The van der Waals surface area contributed by atoms with Crippen LogP contribution in [-0.4, -0.2) is 17.2 Å². The molecule has 5 nitrogen and oxygen atoms in total. The molecule has 0 aliphatic heterocycles. The van der Waals surface area contributed by atoms with E-state index in [1.54, 1.807) is 48.5 Å². The summed E-state index contributed by atoms with van der Waals surface area (Å²) >= 11 is 5.77. The number of nitriles is 1. The van der Waals surface area contributed by atoms with Gasteiger partial charge in [-0.05, 0) is 29.8 Å². The standard InChI is InChI=1S/C17H12ClN3O2/c18-15-7-5-12(6-8-15)11-20-21-17(23)14(10-19)9-13-3-1-2-4-16(13)22/h1-9,11,22H,(H,21,23)/b14-9+,20-11?. The Hall–Kier alpha value is -3.10. The molecule has 2 aromatic rings. The molecule has 0 aliphatic rings. The summed E-state index contributed by atoms with van der Waals surface area (Å²) in [6, 6.07) is 15.1. The normalized spacial score (nSPS) is 11.2. The van der Waals surface area contributed by atoms with Gasteiger partial charge in [0, 0.05) is 10.6 Å². The van der Waals surface area contributed by atoms with E-state index in [1.165, 1.54) is 18.4 Å². The number of phenols is 1. The number of hydrogen-bond donors (Lipinski definition) is 2. The lowest BCUT2D eigenvalue weighted by molar-refractivity contribution is -0.117. The number of aromatic hydroxyl groups is 1. The fourth-order valence-corrected chi connectivity index (χ4v) is 1.81. The molecule has 2 N–H and O–H groups in total. The van der Waals surface area contributed by atoms with Crippen LogP contribution in [0.15, 0.2) is 59.2 Å². The van der Waals surface area contributed by atoms with Gasteiger partial charge in [-0.25, -0.2) is 5.43 Å². The summed E-state index contributed by atoms with van der Waals surface area (Å²) in [5.74, 6) is -0.682. The summed E-state index contributed by atoms with van der Waals surface area (Å²) in [5.41, 5.74) is 3.22. The van der Waals surface area contributed by atoms with Crippen LogP contribution in [0.4, 0.5) is 0 Å². The van der Waals surface area contributed by atoms with E-state index in [2.05, 4.69) is 10.5 Å². The van der Waals surface area contributed by atoms with Gasteiger partial charge in [0.1, 0.15) is 17.4 Å². The molecular formula is C17H12ClN3O2. The fraction of sp³-hybridized carbons (Fsp3) is 0. The number of nitrogens with zero attached hydrogens (tertiary/aromatic N) is 2. The molecule has 0 unspecified atom stereocenters. The van der Waals surface area contributed by atoms with Crippen LogP contribution in [0.25, 0.3) is 6.08 Å². The quantitative estimate of drug-likeness (QED) is 0.392. The molecule has 0 fully saturated rings. The number of nitrogens with one attached hydrogen (secondary N) is 1. The number of para-hydroxylation sites is 1. The van der Waals surface area contributed by atoms with Gasteiger partial charge in [-0.3, -0.25) is 4.79 Å². The molecular weight excluding hydrogens is 314 g/mol. The molecule has 0 aromatic heterocycles. The van der Waals surface area contributed by atoms with Crippen molar-refractivity contribution in [2.24, 2.45) is 5.10 Å². The highest BCUT2D eigenvalue weighted by molar-refractivity contribution is 6.30. The average Bonchev–Trinajstić information content (AvgIpc) is 2.56. The minimum atomic E-state index is -0.666. The van der Waals surface area contributed by atoms with Crippen LogP contribution in [0.5, 0.6) is 5.75 Å². The molecule has 0 bridgehead atoms. The third-order valence-corrected chi connectivity index (χ3v) is 3.10. The van der Waals surface area contributed by atoms with Gasteiger partial charge in [-0.1, -0.05) is 41.9 Å². The number of phenolic OH excluding ortho intramolecular Hbond substituents is 1. The second kappa shape index (κ2) is 7.78. The number of hydrazone groups is 1. The lowest BCUT2D eigenvalue weighted by Gasteiger charge is -2.00. The highest BCUT2D eigenvalue weighted by Gasteiger charge is 2.09. The number of carbonyl (C=O) groups excluding carboxylic acids is 1. The Kier molecular flexibility index (Phi) is 5.50. The SMILES string of the molecule is N#C/C(=C\c1ccccc1O)C(=O)NN=Cc1ccc(Cl)cc1. The van der Waals surface area contributed by atoms with Crippen LogP contribution in [0, 0.1) is 11.3 Å². The Bertz CT molecular complexity index is 805. The molecule has 2 aromatic carbocycles. The summed E-state index contributed by atoms with van der Waals surface area (Å²) in [7, 11) is 0. The van der Waals surface area contributed by atoms with Crippen molar-refractivity contribution in [3.8, 4) is 11.8 Å². The van der Waals surface area contributed by atoms with Crippen molar-refractivity contribution in [2.45, 2.75) is 0 Å². The van der Waals surface area contributed by atoms with Crippen LogP contribution in [0.2, 0.25) is 5.02 Å². The van der Waals surface area contributed by atoms with E-state index in [0.717, 1.165) is 5.56 Å². The summed E-state index contributed by atoms with van der Waals surface area (Å²) in [6.07, 6.45) is 2.73. The summed E-state index contributed by atoms with van der Waals surface area (Å²) in [6.45, 7) is 0. The van der Waals surface area contributed by atoms with Crippen LogP contribution in [0.1, 0.15) is 11.1 Å². The predicted octanol–water partition coefficient (Wildman–Crippen LogP) is 3.10. The lowest BCUT2D eigenvalue weighted by Crippen LogP contribution is -2.19. The first-order valence-corrected chi connectivity index (χ1v) is 6.96. The average molecular weight is 326 g/mol. The van der Waals surface area contributed by atoms with Crippen molar-refractivity contribution in [1.29, 1.82) is 5.26 Å². The molecule has 114 valence electrons. The van der Waals surface area contributed by atoms with Crippen molar-refractivity contribution in [1.82, 2.24) is 5.43 Å². The highest BCUT2D eigenvalue weighted by atomic mass is 35.5. The number of hydrogen-bond acceptors (Lipinski definition) is 4. The summed E-state index contributed by atoms with van der Waals surface area (Å²) in [4.78, 5) is 11.9. The lowest BCUT2D eigenvalue weighted by atomic mass is 10.1. The summed E-state index contributed by atoms with van der Waals surface area (Å²) < 4.78 is 0. The smallest absolute Gasteiger partial charge is 0.282 e. The third kappa shape index (κ3) is 4.70. The van der Waals surface area contributed by atoms with E-state index < -0.39 is 5.91 Å². The number of benzene rings is 2. The van der Waals surface area contributed by atoms with Crippen molar-refractivity contribution < 1.29 is 9.90 Å². The topological polar surface area (TPSA) is 85.5 Å². The number of amides is 1. The van der Waals surface area contributed by atoms with Crippen LogP contribution < -0.4 is 5.43 Å². The van der Waals surface area contributed by atoms with Crippen molar-refractivity contribution in [2.75, 3.05) is 0 Å². The minimum absolute atomic E-state index is 0.0160. The van der Waals surface area contributed by atoms with Gasteiger partial charge < -0.3 is 5.11 Å². The second-order valence-electron chi connectivity index (χ2n) is 4.48. The molecule has 6 heteroatoms.